The van der Waals surface area contributed by atoms with Crippen LogP contribution in [0.2, 0.25) is 0 Å². The highest BCUT2D eigenvalue weighted by atomic mass is 19.3. The molecule has 0 unspecified atom stereocenters. The van der Waals surface area contributed by atoms with E-state index in [1.807, 2.05) is 10.7 Å². The molecule has 0 aromatic carbocycles. The van der Waals surface area contributed by atoms with Crippen molar-refractivity contribution in [3.8, 4) is 11.4 Å². The van der Waals surface area contributed by atoms with Gasteiger partial charge in [-0.25, -0.2) is 13.6 Å². The predicted octanol–water partition coefficient (Wildman–Crippen LogP) is 4.11. The summed E-state index contributed by atoms with van der Waals surface area (Å²) in [6.07, 6.45) is 5.89. The summed E-state index contributed by atoms with van der Waals surface area (Å²) < 4.78 is 33.3. The molecule has 0 aliphatic heterocycles. The molecule has 4 rings (SSSR count). The van der Waals surface area contributed by atoms with Crippen LogP contribution in [0.5, 0.6) is 0 Å². The average molecular weight is 386 g/mol. The molecular weight excluding hydrogens is 366 g/mol. The van der Waals surface area contributed by atoms with Crippen molar-refractivity contribution in [1.82, 2.24) is 19.7 Å². The molecule has 1 aliphatic carbocycles. The van der Waals surface area contributed by atoms with Gasteiger partial charge >= 0.3 is 5.97 Å². The molecule has 3 aromatic heterocycles. The molecule has 1 fully saturated rings. The van der Waals surface area contributed by atoms with Gasteiger partial charge in [-0.05, 0) is 37.0 Å². The predicted molar refractivity (Wildman–Crippen MR) is 99.0 cm³/mol. The van der Waals surface area contributed by atoms with Gasteiger partial charge < -0.3 is 4.74 Å². The van der Waals surface area contributed by atoms with Crippen molar-refractivity contribution in [2.24, 2.45) is 5.92 Å². The molecule has 0 saturated heterocycles. The van der Waals surface area contributed by atoms with Crippen molar-refractivity contribution in [2.45, 2.75) is 38.2 Å². The summed E-state index contributed by atoms with van der Waals surface area (Å²) in [4.78, 5) is 20.4. The fourth-order valence-electron chi connectivity index (χ4n) is 3.60. The Kier molecular flexibility index (Phi) is 4.78. The molecule has 3 aromatic rings. The van der Waals surface area contributed by atoms with Gasteiger partial charge in [0.15, 0.2) is 0 Å². The van der Waals surface area contributed by atoms with Crippen LogP contribution in [0.1, 0.15) is 36.0 Å². The van der Waals surface area contributed by atoms with E-state index in [2.05, 4.69) is 15.1 Å². The second kappa shape index (κ2) is 7.26. The lowest BCUT2D eigenvalue weighted by Crippen LogP contribution is -2.27. The standard InChI is InChI=1S/C20H20F2N4O2/c1-28-19(27)14-4-7-23-16(8-14)17-9-15-10-25-26(18(15)11-24-17)12-13-2-5-20(21,22)6-3-13/h4,7-11,13H,2-3,5-6,12H2,1H3. The Morgan fingerprint density at radius 3 is 2.71 bits per heavy atom. The minimum absolute atomic E-state index is 0.0541. The van der Waals surface area contributed by atoms with Crippen molar-refractivity contribution in [3.05, 3.63) is 42.4 Å². The molecule has 0 radical (unpaired) electrons. The maximum Gasteiger partial charge on any atom is 0.337 e. The summed E-state index contributed by atoms with van der Waals surface area (Å²) >= 11 is 0. The number of hydrogen-bond donors (Lipinski definition) is 0. The number of aromatic nitrogens is 4. The number of rotatable bonds is 4. The molecule has 1 saturated carbocycles. The lowest BCUT2D eigenvalue weighted by Gasteiger charge is -2.28. The van der Waals surface area contributed by atoms with Crippen LogP contribution in [0.4, 0.5) is 8.78 Å². The van der Waals surface area contributed by atoms with Crippen LogP contribution >= 0.6 is 0 Å². The molecule has 146 valence electrons. The lowest BCUT2D eigenvalue weighted by atomic mass is 9.87. The van der Waals surface area contributed by atoms with E-state index >= 15 is 0 Å². The number of carbonyl (C=O) groups is 1. The summed E-state index contributed by atoms with van der Waals surface area (Å²) in [6, 6.07) is 5.07. The molecule has 0 bridgehead atoms. The van der Waals surface area contributed by atoms with Gasteiger partial charge in [0.25, 0.3) is 0 Å². The number of methoxy groups -OCH3 is 1. The smallest absolute Gasteiger partial charge is 0.337 e. The van der Waals surface area contributed by atoms with E-state index in [0.29, 0.717) is 36.3 Å². The number of nitrogens with zero attached hydrogens (tertiary/aromatic N) is 4. The van der Waals surface area contributed by atoms with Gasteiger partial charge in [0.2, 0.25) is 5.92 Å². The number of carbonyl (C=O) groups excluding carboxylic acids is 1. The van der Waals surface area contributed by atoms with Gasteiger partial charge in [-0.15, -0.1) is 0 Å². The third-order valence-electron chi connectivity index (χ3n) is 5.24. The van der Waals surface area contributed by atoms with Gasteiger partial charge in [0.05, 0.1) is 42.0 Å². The number of fused-ring (bicyclic) bond motifs is 1. The first kappa shape index (κ1) is 18.5. The average Bonchev–Trinajstić information content (AvgIpc) is 3.11. The topological polar surface area (TPSA) is 69.9 Å². The van der Waals surface area contributed by atoms with Crippen LogP contribution in [0.15, 0.2) is 36.8 Å². The number of alkyl halides is 2. The monoisotopic (exact) mass is 386 g/mol. The zero-order valence-electron chi connectivity index (χ0n) is 15.4. The van der Waals surface area contributed by atoms with Crippen LogP contribution in [0.3, 0.4) is 0 Å². The second-order valence-electron chi connectivity index (χ2n) is 7.18. The number of ether oxygens (including phenoxy) is 1. The Bertz CT molecular complexity index is 1010. The van der Waals surface area contributed by atoms with Crippen LogP contribution < -0.4 is 0 Å². The summed E-state index contributed by atoms with van der Waals surface area (Å²) in [6.45, 7) is 0.608. The Morgan fingerprint density at radius 2 is 1.96 bits per heavy atom. The Balaban J connectivity index is 1.56. The third kappa shape index (κ3) is 3.72. The molecule has 0 atom stereocenters. The molecule has 8 heteroatoms. The van der Waals surface area contributed by atoms with Crippen LogP contribution in [0, 0.1) is 5.92 Å². The summed E-state index contributed by atoms with van der Waals surface area (Å²) in [5.41, 5.74) is 2.44. The van der Waals surface area contributed by atoms with Crippen LogP contribution in [-0.4, -0.2) is 38.8 Å². The zero-order chi connectivity index (χ0) is 19.7. The fourth-order valence-corrected chi connectivity index (χ4v) is 3.60. The van der Waals surface area contributed by atoms with E-state index in [-0.39, 0.29) is 18.8 Å². The quantitative estimate of drug-likeness (QED) is 0.631. The van der Waals surface area contributed by atoms with Gasteiger partial charge in [0.1, 0.15) is 0 Å². The van der Waals surface area contributed by atoms with Gasteiger partial charge in [-0.2, -0.15) is 5.10 Å². The maximum atomic E-state index is 13.3. The van der Waals surface area contributed by atoms with Crippen molar-refractivity contribution in [2.75, 3.05) is 7.11 Å². The van der Waals surface area contributed by atoms with Crippen molar-refractivity contribution in [1.29, 1.82) is 0 Å². The van der Waals surface area contributed by atoms with Crippen molar-refractivity contribution < 1.29 is 18.3 Å². The number of pyridine rings is 2. The number of hydrogen-bond acceptors (Lipinski definition) is 5. The number of esters is 1. The van der Waals surface area contributed by atoms with Gasteiger partial charge in [-0.1, -0.05) is 0 Å². The van der Waals surface area contributed by atoms with Crippen molar-refractivity contribution in [3.63, 3.8) is 0 Å². The summed E-state index contributed by atoms with van der Waals surface area (Å²) in [5.74, 6) is -2.76. The first-order valence-corrected chi connectivity index (χ1v) is 9.19. The van der Waals surface area contributed by atoms with E-state index in [9.17, 15) is 13.6 Å². The summed E-state index contributed by atoms with van der Waals surface area (Å²) in [5, 5.41) is 5.30. The Morgan fingerprint density at radius 1 is 1.21 bits per heavy atom. The van der Waals surface area contributed by atoms with Gasteiger partial charge in [0, 0.05) is 31.0 Å². The normalized spacial score (nSPS) is 17.0. The molecular formula is C20H20F2N4O2. The SMILES string of the molecule is COC(=O)c1ccnc(-c2cc3cnn(CC4CCC(F)(F)CC4)c3cn2)c1. The molecule has 6 nitrogen and oxygen atoms in total. The first-order chi connectivity index (χ1) is 13.4. The first-order valence-electron chi connectivity index (χ1n) is 9.19. The molecule has 1 aliphatic rings. The van der Waals surface area contributed by atoms with E-state index < -0.39 is 11.9 Å². The highest BCUT2D eigenvalue weighted by Crippen LogP contribution is 2.37. The molecule has 28 heavy (non-hydrogen) atoms. The molecule has 3 heterocycles. The minimum atomic E-state index is -2.52. The minimum Gasteiger partial charge on any atom is -0.465 e. The Hall–Kier alpha value is -2.90. The maximum absolute atomic E-state index is 13.3. The summed E-state index contributed by atoms with van der Waals surface area (Å²) in [7, 11) is 1.33. The Labute approximate surface area is 160 Å². The van der Waals surface area contributed by atoms with E-state index in [4.69, 9.17) is 4.74 Å². The third-order valence-corrected chi connectivity index (χ3v) is 5.24. The largest absolute Gasteiger partial charge is 0.465 e. The second-order valence-corrected chi connectivity index (χ2v) is 7.18. The van der Waals surface area contributed by atoms with Crippen molar-refractivity contribution >= 4 is 16.9 Å². The molecule has 0 amide bonds. The zero-order valence-corrected chi connectivity index (χ0v) is 15.4. The molecule has 0 spiro atoms. The highest BCUT2D eigenvalue weighted by molar-refractivity contribution is 5.90. The van der Waals surface area contributed by atoms with Crippen LogP contribution in [0.25, 0.3) is 22.3 Å². The van der Waals surface area contributed by atoms with E-state index in [1.54, 1.807) is 24.5 Å². The number of halogens is 2. The van der Waals surface area contributed by atoms with E-state index in [0.717, 1.165) is 10.9 Å². The lowest BCUT2D eigenvalue weighted by molar-refractivity contribution is -0.0475. The highest BCUT2D eigenvalue weighted by Gasteiger charge is 2.35. The molecule has 0 N–H and O–H groups in total. The van der Waals surface area contributed by atoms with Gasteiger partial charge in [-0.3, -0.25) is 14.6 Å². The van der Waals surface area contributed by atoms with Crippen LogP contribution in [-0.2, 0) is 11.3 Å². The fraction of sp³-hybridized carbons (Fsp3) is 0.400. The van der Waals surface area contributed by atoms with E-state index in [1.165, 1.54) is 13.3 Å².